The molecule has 3 N–H and O–H groups in total. The highest BCUT2D eigenvalue weighted by atomic mass is 35.5. The van der Waals surface area contributed by atoms with E-state index in [0.29, 0.717) is 22.9 Å². The lowest BCUT2D eigenvalue weighted by atomic mass is 10.1. The van der Waals surface area contributed by atoms with Crippen LogP contribution >= 0.6 is 11.6 Å². The Morgan fingerprint density at radius 3 is 2.89 bits per heavy atom. The minimum absolute atomic E-state index is 0.282. The highest BCUT2D eigenvalue weighted by Crippen LogP contribution is 2.30. The van der Waals surface area contributed by atoms with Crippen LogP contribution in [0.25, 0.3) is 0 Å². The predicted molar refractivity (Wildman–Crippen MR) is 74.2 cm³/mol. The SMILES string of the molecule is C=CCC(N)C(=O)Nc1cc(C)c(Cl)cc1OC. The second-order valence-electron chi connectivity index (χ2n) is 3.92. The number of ether oxygens (including phenoxy) is 1. The van der Waals surface area contributed by atoms with Crippen molar-refractivity contribution in [3.05, 3.63) is 35.4 Å². The number of hydrogen-bond acceptors (Lipinski definition) is 3. The van der Waals surface area contributed by atoms with Crippen molar-refractivity contribution in [2.45, 2.75) is 19.4 Å². The van der Waals surface area contributed by atoms with Crippen LogP contribution in [0.4, 0.5) is 5.69 Å². The summed E-state index contributed by atoms with van der Waals surface area (Å²) < 4.78 is 5.16. The van der Waals surface area contributed by atoms with Crippen LogP contribution in [-0.4, -0.2) is 19.1 Å². The average molecular weight is 269 g/mol. The Balaban J connectivity index is 2.93. The van der Waals surface area contributed by atoms with Crippen LogP contribution in [0.5, 0.6) is 5.75 Å². The van der Waals surface area contributed by atoms with Crippen LogP contribution in [0, 0.1) is 6.92 Å². The summed E-state index contributed by atoms with van der Waals surface area (Å²) in [5, 5.41) is 3.30. The summed E-state index contributed by atoms with van der Waals surface area (Å²) in [6.45, 7) is 5.40. The average Bonchev–Trinajstić information content (AvgIpc) is 2.33. The Bertz CT molecular complexity index is 461. The van der Waals surface area contributed by atoms with Gasteiger partial charge in [0.05, 0.1) is 18.8 Å². The van der Waals surface area contributed by atoms with Crippen molar-refractivity contribution in [3.63, 3.8) is 0 Å². The van der Waals surface area contributed by atoms with Crippen molar-refractivity contribution < 1.29 is 9.53 Å². The smallest absolute Gasteiger partial charge is 0.241 e. The molecular weight excluding hydrogens is 252 g/mol. The molecule has 1 amide bonds. The lowest BCUT2D eigenvalue weighted by Crippen LogP contribution is -2.35. The van der Waals surface area contributed by atoms with Gasteiger partial charge in [0.15, 0.2) is 0 Å². The van der Waals surface area contributed by atoms with Gasteiger partial charge in [-0.05, 0) is 25.0 Å². The monoisotopic (exact) mass is 268 g/mol. The number of nitrogens with two attached hydrogens (primary N) is 1. The van der Waals surface area contributed by atoms with Gasteiger partial charge >= 0.3 is 0 Å². The van der Waals surface area contributed by atoms with Crippen molar-refractivity contribution in [2.75, 3.05) is 12.4 Å². The van der Waals surface area contributed by atoms with Gasteiger partial charge in [-0.2, -0.15) is 0 Å². The molecule has 18 heavy (non-hydrogen) atoms. The molecule has 0 aliphatic rings. The molecule has 0 bridgehead atoms. The highest BCUT2D eigenvalue weighted by Gasteiger charge is 2.15. The lowest BCUT2D eigenvalue weighted by Gasteiger charge is -2.14. The van der Waals surface area contributed by atoms with E-state index in [9.17, 15) is 4.79 Å². The standard InChI is InChI=1S/C13H17ClN2O2/c1-4-5-10(15)13(17)16-11-6-8(2)9(14)7-12(11)18-3/h4,6-7,10H,1,5,15H2,2-3H3,(H,16,17). The van der Waals surface area contributed by atoms with E-state index in [-0.39, 0.29) is 5.91 Å². The van der Waals surface area contributed by atoms with Crippen LogP contribution in [0.15, 0.2) is 24.8 Å². The maximum atomic E-state index is 11.8. The summed E-state index contributed by atoms with van der Waals surface area (Å²) in [5.74, 6) is 0.222. The van der Waals surface area contributed by atoms with Gasteiger partial charge in [0.1, 0.15) is 5.75 Å². The Hall–Kier alpha value is -1.52. The summed E-state index contributed by atoms with van der Waals surface area (Å²) in [7, 11) is 1.51. The van der Waals surface area contributed by atoms with Gasteiger partial charge in [0.25, 0.3) is 0 Å². The van der Waals surface area contributed by atoms with E-state index in [1.165, 1.54) is 7.11 Å². The zero-order valence-corrected chi connectivity index (χ0v) is 11.3. The van der Waals surface area contributed by atoms with Gasteiger partial charge in [-0.15, -0.1) is 6.58 Å². The Morgan fingerprint density at radius 2 is 2.33 bits per heavy atom. The van der Waals surface area contributed by atoms with E-state index in [4.69, 9.17) is 22.1 Å². The van der Waals surface area contributed by atoms with Crippen molar-refractivity contribution in [2.24, 2.45) is 5.73 Å². The summed E-state index contributed by atoms with van der Waals surface area (Å²) in [5.41, 5.74) is 7.10. The van der Waals surface area contributed by atoms with Crippen LogP contribution < -0.4 is 15.8 Å². The molecule has 0 radical (unpaired) electrons. The molecule has 0 aliphatic heterocycles. The molecule has 0 aliphatic carbocycles. The lowest BCUT2D eigenvalue weighted by molar-refractivity contribution is -0.117. The van der Waals surface area contributed by atoms with Gasteiger partial charge in [-0.1, -0.05) is 17.7 Å². The first-order chi connectivity index (χ1) is 8.49. The van der Waals surface area contributed by atoms with Gasteiger partial charge in [-0.25, -0.2) is 0 Å². The highest BCUT2D eigenvalue weighted by molar-refractivity contribution is 6.31. The fraction of sp³-hybridized carbons (Fsp3) is 0.308. The molecule has 0 spiro atoms. The fourth-order valence-electron chi connectivity index (χ4n) is 1.44. The molecule has 0 fully saturated rings. The van der Waals surface area contributed by atoms with Gasteiger partial charge in [0, 0.05) is 11.1 Å². The third-order valence-electron chi connectivity index (χ3n) is 2.50. The third kappa shape index (κ3) is 3.48. The van der Waals surface area contributed by atoms with Gasteiger partial charge < -0.3 is 15.8 Å². The molecule has 0 saturated carbocycles. The summed E-state index contributed by atoms with van der Waals surface area (Å²) in [6.07, 6.45) is 2.02. The van der Waals surface area contributed by atoms with E-state index < -0.39 is 6.04 Å². The minimum Gasteiger partial charge on any atom is -0.495 e. The zero-order valence-electron chi connectivity index (χ0n) is 10.5. The van der Waals surface area contributed by atoms with Crippen molar-refractivity contribution >= 4 is 23.2 Å². The number of nitrogens with one attached hydrogen (secondary N) is 1. The number of halogens is 1. The molecule has 1 atom stereocenters. The topological polar surface area (TPSA) is 64.4 Å². The Kier molecular flexibility index (Phi) is 5.19. The summed E-state index contributed by atoms with van der Waals surface area (Å²) >= 11 is 5.98. The molecular formula is C13H17ClN2O2. The van der Waals surface area contributed by atoms with Gasteiger partial charge in [-0.3, -0.25) is 4.79 Å². The van der Waals surface area contributed by atoms with Crippen molar-refractivity contribution in [1.29, 1.82) is 0 Å². The molecule has 0 heterocycles. The number of methoxy groups -OCH3 is 1. The molecule has 1 aromatic rings. The van der Waals surface area contributed by atoms with Crippen LogP contribution in [0.2, 0.25) is 5.02 Å². The maximum absolute atomic E-state index is 11.8. The molecule has 98 valence electrons. The number of aryl methyl sites for hydroxylation is 1. The molecule has 1 aromatic carbocycles. The number of carbonyl (C=O) groups excluding carboxylic acids is 1. The molecule has 1 rings (SSSR count). The van der Waals surface area contributed by atoms with Crippen LogP contribution in [0.3, 0.4) is 0 Å². The Labute approximate surface area is 112 Å². The first kappa shape index (κ1) is 14.5. The maximum Gasteiger partial charge on any atom is 0.241 e. The number of hydrogen-bond donors (Lipinski definition) is 2. The number of rotatable bonds is 5. The normalized spacial score (nSPS) is 11.8. The van der Waals surface area contributed by atoms with Crippen molar-refractivity contribution in [3.8, 4) is 5.75 Å². The first-order valence-electron chi connectivity index (χ1n) is 5.51. The third-order valence-corrected chi connectivity index (χ3v) is 2.90. The first-order valence-corrected chi connectivity index (χ1v) is 5.88. The zero-order chi connectivity index (χ0) is 13.7. The van der Waals surface area contributed by atoms with Gasteiger partial charge in [0.2, 0.25) is 5.91 Å². The van der Waals surface area contributed by atoms with Crippen LogP contribution in [0.1, 0.15) is 12.0 Å². The number of carbonyl (C=O) groups is 1. The predicted octanol–water partition coefficient (Wildman–Crippen LogP) is 2.50. The number of anilines is 1. The molecule has 4 nitrogen and oxygen atoms in total. The summed E-state index contributed by atoms with van der Waals surface area (Å²) in [4.78, 5) is 11.8. The van der Waals surface area contributed by atoms with E-state index in [0.717, 1.165) is 5.56 Å². The minimum atomic E-state index is -0.622. The van der Waals surface area contributed by atoms with Crippen LogP contribution in [-0.2, 0) is 4.79 Å². The number of benzene rings is 1. The van der Waals surface area contributed by atoms with Crippen molar-refractivity contribution in [1.82, 2.24) is 0 Å². The van der Waals surface area contributed by atoms with E-state index in [2.05, 4.69) is 11.9 Å². The Morgan fingerprint density at radius 1 is 1.67 bits per heavy atom. The molecule has 0 saturated heterocycles. The van der Waals surface area contributed by atoms with E-state index >= 15 is 0 Å². The fourth-order valence-corrected chi connectivity index (χ4v) is 1.60. The quantitative estimate of drug-likeness (QED) is 0.807. The largest absolute Gasteiger partial charge is 0.495 e. The molecule has 5 heteroatoms. The van der Waals surface area contributed by atoms with E-state index in [1.54, 1.807) is 18.2 Å². The second kappa shape index (κ2) is 6.42. The number of amides is 1. The molecule has 1 unspecified atom stereocenters. The van der Waals surface area contributed by atoms with E-state index in [1.807, 2.05) is 6.92 Å². The molecule has 0 aromatic heterocycles. The summed E-state index contributed by atoms with van der Waals surface area (Å²) in [6, 6.07) is 2.79. The second-order valence-corrected chi connectivity index (χ2v) is 4.33.